The van der Waals surface area contributed by atoms with E-state index in [1.165, 1.54) is 24.5 Å². The molecule has 43 heavy (non-hydrogen) atoms. The van der Waals surface area contributed by atoms with Gasteiger partial charge in [0.05, 0.1) is 22.4 Å². The van der Waals surface area contributed by atoms with Gasteiger partial charge in [0.1, 0.15) is 0 Å². The first kappa shape index (κ1) is 26.4. The van der Waals surface area contributed by atoms with Crippen LogP contribution in [0.3, 0.4) is 0 Å². The molecule has 0 radical (unpaired) electrons. The van der Waals surface area contributed by atoms with Gasteiger partial charge < -0.3 is 0 Å². The molecular formula is C31H18BrF2N9. The van der Waals surface area contributed by atoms with Gasteiger partial charge in [-0.2, -0.15) is 19.0 Å². The van der Waals surface area contributed by atoms with Crippen LogP contribution in [0.15, 0.2) is 115 Å². The molecule has 8 rings (SSSR count). The zero-order valence-electron chi connectivity index (χ0n) is 22.1. The topological polar surface area (TPSA) is 99.0 Å². The first-order chi connectivity index (χ1) is 21.0. The van der Waals surface area contributed by atoms with E-state index in [1.807, 2.05) is 42.7 Å². The number of pyridine rings is 3. The lowest BCUT2D eigenvalue weighted by atomic mass is 10.0. The van der Waals surface area contributed by atoms with E-state index >= 15 is 0 Å². The molecule has 0 saturated carbocycles. The number of fused-ring (bicyclic) bond motifs is 3. The van der Waals surface area contributed by atoms with Crippen molar-refractivity contribution in [3.05, 3.63) is 127 Å². The Labute approximate surface area is 250 Å². The molecule has 0 bridgehead atoms. The highest BCUT2D eigenvalue weighted by Crippen LogP contribution is 2.30. The third-order valence-corrected chi connectivity index (χ3v) is 7.29. The molecule has 0 fully saturated rings. The van der Waals surface area contributed by atoms with Crippen LogP contribution < -0.4 is 0 Å². The number of nitrogens with zero attached hydrogens (tertiary/aromatic N) is 9. The van der Waals surface area contributed by atoms with Gasteiger partial charge in [0.25, 0.3) is 0 Å². The van der Waals surface area contributed by atoms with Gasteiger partial charge in [0.2, 0.25) is 11.9 Å². The maximum Gasteiger partial charge on any atom is 0.212 e. The lowest BCUT2D eigenvalue weighted by Gasteiger charge is -2.05. The standard InChI is InChI=1S/C20H12FN5.C11H6BrFN4/c21-19-7-6-13(9-23-19)14-10-24-20-17(11-25-26(20)12-14)15-3-1-5-18-16(15)4-2-8-22-18;12-9-5-16-17-6-8(4-15-11(9)17)7-1-2-10(13)14-3-7/h1-12H;1-6H. The summed E-state index contributed by atoms with van der Waals surface area (Å²) in [6.07, 6.45) is 15.4. The maximum atomic E-state index is 13.0. The summed E-state index contributed by atoms with van der Waals surface area (Å²) in [6.45, 7) is 0. The Morgan fingerprint density at radius 1 is 0.535 bits per heavy atom. The highest BCUT2D eigenvalue weighted by molar-refractivity contribution is 9.10. The normalized spacial score (nSPS) is 11.1. The molecule has 0 amide bonds. The average molecular weight is 634 g/mol. The van der Waals surface area contributed by atoms with Gasteiger partial charge in [-0.3, -0.25) is 4.98 Å². The molecule has 0 aliphatic heterocycles. The average Bonchev–Trinajstić information content (AvgIpc) is 3.64. The molecule has 0 aliphatic carbocycles. The lowest BCUT2D eigenvalue weighted by Crippen LogP contribution is -1.93. The lowest BCUT2D eigenvalue weighted by molar-refractivity contribution is 0.583. The molecule has 12 heteroatoms. The number of halogens is 3. The second-order valence-corrected chi connectivity index (χ2v) is 10.2. The Bertz CT molecular complexity index is 2220. The predicted octanol–water partition coefficient (Wildman–Crippen LogP) is 6.84. The van der Waals surface area contributed by atoms with Crippen molar-refractivity contribution < 1.29 is 8.78 Å². The van der Waals surface area contributed by atoms with E-state index in [2.05, 4.69) is 51.0 Å². The van der Waals surface area contributed by atoms with Crippen molar-refractivity contribution in [3.8, 4) is 33.4 Å². The smallest absolute Gasteiger partial charge is 0.212 e. The number of benzene rings is 1. The summed E-state index contributed by atoms with van der Waals surface area (Å²) in [6, 6.07) is 15.9. The van der Waals surface area contributed by atoms with Crippen LogP contribution in [0.25, 0.3) is 55.6 Å². The minimum Gasteiger partial charge on any atom is -0.256 e. The Balaban J connectivity index is 0.000000153. The van der Waals surface area contributed by atoms with E-state index in [0.717, 1.165) is 60.1 Å². The van der Waals surface area contributed by atoms with Crippen LogP contribution in [0.1, 0.15) is 0 Å². The van der Waals surface area contributed by atoms with Crippen molar-refractivity contribution in [1.82, 2.24) is 44.1 Å². The molecule has 0 atom stereocenters. The molecule has 7 heterocycles. The zero-order valence-corrected chi connectivity index (χ0v) is 23.6. The van der Waals surface area contributed by atoms with Crippen molar-refractivity contribution in [2.24, 2.45) is 0 Å². The summed E-state index contributed by atoms with van der Waals surface area (Å²) in [5.74, 6) is -1.00. The maximum absolute atomic E-state index is 13.0. The van der Waals surface area contributed by atoms with Crippen LogP contribution >= 0.6 is 15.9 Å². The minimum absolute atomic E-state index is 0.496. The molecule has 0 N–H and O–H groups in total. The van der Waals surface area contributed by atoms with Gasteiger partial charge >= 0.3 is 0 Å². The first-order valence-electron chi connectivity index (χ1n) is 12.9. The highest BCUT2D eigenvalue weighted by atomic mass is 79.9. The molecule has 0 saturated heterocycles. The molecule has 9 nitrogen and oxygen atoms in total. The monoisotopic (exact) mass is 633 g/mol. The minimum atomic E-state index is -0.506. The number of hydrogen-bond acceptors (Lipinski definition) is 7. The van der Waals surface area contributed by atoms with Gasteiger partial charge in [-0.15, -0.1) is 0 Å². The van der Waals surface area contributed by atoms with Crippen LogP contribution in [0.5, 0.6) is 0 Å². The third kappa shape index (κ3) is 5.19. The Kier molecular flexibility index (Phi) is 6.79. The van der Waals surface area contributed by atoms with Crippen molar-refractivity contribution >= 4 is 38.1 Å². The Morgan fingerprint density at radius 3 is 1.84 bits per heavy atom. The molecule has 1 aromatic carbocycles. The summed E-state index contributed by atoms with van der Waals surface area (Å²) in [5.41, 5.74) is 7.63. The Morgan fingerprint density at radius 2 is 1.16 bits per heavy atom. The largest absolute Gasteiger partial charge is 0.256 e. The van der Waals surface area contributed by atoms with E-state index in [0.29, 0.717) is 0 Å². The SMILES string of the molecule is Fc1ccc(-c2cnc3c(-c4cccc5ncccc45)cnn3c2)cn1.Fc1ccc(-c2cnc3c(Br)cnn3c2)cn1. The van der Waals surface area contributed by atoms with Crippen LogP contribution in [0.4, 0.5) is 8.78 Å². The van der Waals surface area contributed by atoms with Gasteiger partial charge in [-0.25, -0.2) is 29.0 Å². The molecule has 208 valence electrons. The fourth-order valence-electron chi connectivity index (χ4n) is 4.64. The first-order valence-corrected chi connectivity index (χ1v) is 13.7. The van der Waals surface area contributed by atoms with Crippen molar-refractivity contribution in [2.45, 2.75) is 0 Å². The predicted molar refractivity (Wildman–Crippen MR) is 161 cm³/mol. The quantitative estimate of drug-likeness (QED) is 0.196. The highest BCUT2D eigenvalue weighted by Gasteiger charge is 2.12. The fourth-order valence-corrected chi connectivity index (χ4v) is 5.02. The summed E-state index contributed by atoms with van der Waals surface area (Å²) in [7, 11) is 0. The summed E-state index contributed by atoms with van der Waals surface area (Å²) in [4.78, 5) is 20.6. The van der Waals surface area contributed by atoms with Gasteiger partial charge in [-0.05, 0) is 57.9 Å². The molecule has 0 spiro atoms. The second kappa shape index (κ2) is 11.1. The van der Waals surface area contributed by atoms with E-state index in [1.54, 1.807) is 52.1 Å². The van der Waals surface area contributed by atoms with E-state index in [9.17, 15) is 8.78 Å². The second-order valence-electron chi connectivity index (χ2n) is 9.39. The van der Waals surface area contributed by atoms with Gasteiger partial charge in [-0.1, -0.05) is 18.2 Å². The van der Waals surface area contributed by atoms with Gasteiger partial charge in [0.15, 0.2) is 11.3 Å². The van der Waals surface area contributed by atoms with Crippen LogP contribution in [-0.2, 0) is 0 Å². The van der Waals surface area contributed by atoms with E-state index in [-0.39, 0.29) is 0 Å². The molecule has 0 aliphatic rings. The van der Waals surface area contributed by atoms with Gasteiger partial charge in [0, 0.05) is 76.6 Å². The number of hydrogen-bond donors (Lipinski definition) is 0. The summed E-state index contributed by atoms with van der Waals surface area (Å²) in [5, 5.41) is 9.63. The van der Waals surface area contributed by atoms with Crippen LogP contribution in [-0.4, -0.2) is 44.1 Å². The fraction of sp³-hybridized carbons (Fsp3) is 0. The van der Waals surface area contributed by atoms with E-state index < -0.39 is 11.9 Å². The van der Waals surface area contributed by atoms with Crippen molar-refractivity contribution in [1.29, 1.82) is 0 Å². The molecule has 0 unspecified atom stereocenters. The van der Waals surface area contributed by atoms with E-state index in [4.69, 9.17) is 0 Å². The Hall–Kier alpha value is -5.49. The summed E-state index contributed by atoms with van der Waals surface area (Å²) >= 11 is 3.35. The number of aromatic nitrogens is 9. The molecular weight excluding hydrogens is 616 g/mol. The van der Waals surface area contributed by atoms with Crippen molar-refractivity contribution in [3.63, 3.8) is 0 Å². The molecule has 8 aromatic rings. The van der Waals surface area contributed by atoms with Crippen LogP contribution in [0, 0.1) is 11.9 Å². The molecule has 7 aromatic heterocycles. The third-order valence-electron chi connectivity index (χ3n) is 6.73. The summed E-state index contributed by atoms with van der Waals surface area (Å²) < 4.78 is 29.9. The number of rotatable bonds is 3. The zero-order chi connectivity index (χ0) is 29.3. The van der Waals surface area contributed by atoms with Crippen LogP contribution in [0.2, 0.25) is 0 Å². The van der Waals surface area contributed by atoms with Crippen molar-refractivity contribution in [2.75, 3.05) is 0 Å².